The van der Waals surface area contributed by atoms with Gasteiger partial charge in [-0.15, -0.1) is 0 Å². The molecule has 3 aliphatic rings. The van der Waals surface area contributed by atoms with Gasteiger partial charge in [0.25, 0.3) is 15.9 Å². The second kappa shape index (κ2) is 11.1. The Balaban J connectivity index is 1.16. The predicted octanol–water partition coefficient (Wildman–Crippen LogP) is 4.43. The Morgan fingerprint density at radius 1 is 1.00 bits per heavy atom. The summed E-state index contributed by atoms with van der Waals surface area (Å²) in [7, 11) is -6.83. The van der Waals surface area contributed by atoms with Crippen LogP contribution in [0.2, 0.25) is 0 Å². The highest BCUT2D eigenvalue weighted by Gasteiger charge is 2.36. The van der Waals surface area contributed by atoms with Crippen molar-refractivity contribution >= 4 is 53.8 Å². The highest BCUT2D eigenvalue weighted by Crippen LogP contribution is 2.42. The van der Waals surface area contributed by atoms with Crippen molar-refractivity contribution in [2.75, 3.05) is 36.1 Å². The van der Waals surface area contributed by atoms with Crippen LogP contribution in [0, 0.1) is 11.8 Å². The molecular weight excluding hydrogens is 578 g/mol. The van der Waals surface area contributed by atoms with Gasteiger partial charge in [-0.2, -0.15) is 4.31 Å². The van der Waals surface area contributed by atoms with Crippen molar-refractivity contribution in [1.82, 2.24) is 4.31 Å². The molecule has 1 aromatic heterocycles. The van der Waals surface area contributed by atoms with Crippen LogP contribution in [-0.4, -0.2) is 64.1 Å². The molecule has 42 heavy (non-hydrogen) atoms. The monoisotopic (exact) mass is 613 g/mol. The van der Waals surface area contributed by atoms with E-state index in [1.54, 1.807) is 11.0 Å². The van der Waals surface area contributed by atoms with Gasteiger partial charge in [-0.1, -0.05) is 12.1 Å². The summed E-state index contributed by atoms with van der Waals surface area (Å²) < 4.78 is 56.1. The fraction of sp³-hybridized carbons (Fsp3) is 0.467. The average molecular weight is 614 g/mol. The van der Waals surface area contributed by atoms with Crippen LogP contribution in [0.5, 0.6) is 0 Å². The number of nitrogens with one attached hydrogen (secondary N) is 1. The number of rotatable bonds is 8. The number of sulfone groups is 1. The zero-order valence-corrected chi connectivity index (χ0v) is 25.1. The Morgan fingerprint density at radius 3 is 2.50 bits per heavy atom. The number of hydrogen-bond acceptors (Lipinski definition) is 7. The summed E-state index contributed by atoms with van der Waals surface area (Å²) in [6.07, 6.45) is 7.57. The number of nitrogens with zero attached hydrogens (tertiary/aromatic N) is 2. The fourth-order valence-corrected chi connectivity index (χ4v) is 9.24. The van der Waals surface area contributed by atoms with Crippen LogP contribution in [0.3, 0.4) is 0 Å². The minimum atomic E-state index is -3.81. The zero-order chi connectivity index (χ0) is 29.6. The van der Waals surface area contributed by atoms with Crippen LogP contribution < -0.4 is 10.2 Å². The summed E-state index contributed by atoms with van der Waals surface area (Å²) >= 11 is 0. The molecule has 2 aliphatic heterocycles. The van der Waals surface area contributed by atoms with Gasteiger partial charge in [0.1, 0.15) is 9.84 Å². The first-order chi connectivity index (χ1) is 20.0. The molecule has 1 aliphatic carbocycles. The molecule has 3 aromatic rings. The van der Waals surface area contributed by atoms with Crippen molar-refractivity contribution < 1.29 is 30.8 Å². The maximum Gasteiger partial charge on any atom is 0.276 e. The Morgan fingerprint density at radius 2 is 1.79 bits per heavy atom. The van der Waals surface area contributed by atoms with E-state index in [4.69, 9.17) is 4.42 Å². The molecule has 2 fully saturated rings. The van der Waals surface area contributed by atoms with Gasteiger partial charge in [0, 0.05) is 47.9 Å². The van der Waals surface area contributed by atoms with Gasteiger partial charge in [0.05, 0.1) is 23.1 Å². The maximum atomic E-state index is 13.4. The second-order valence-corrected chi connectivity index (χ2v) is 15.9. The van der Waals surface area contributed by atoms with Crippen molar-refractivity contribution in [3.63, 3.8) is 0 Å². The number of sulfonamides is 1. The third kappa shape index (κ3) is 5.35. The first-order valence-corrected chi connectivity index (χ1v) is 17.8. The lowest BCUT2D eigenvalue weighted by molar-refractivity contribution is -0.120. The molecular formula is C30H35N3O7S2. The first kappa shape index (κ1) is 28.9. The number of benzene rings is 2. The standard InChI is InChI=1S/C30H35N3O7S2/c1-41(36,37)22-11-9-20(10-12-22)15-17-33-26-14-13-25(23-6-2-7-24(28(23)26)30(33)35)31-29(34)21-5-3-16-32(19-21)42(38,39)27-8-4-18-40-27/h2,4,6-8,13-14,18,20-22H,3,5,9-12,15-17,19H2,1H3,(H,31,34). The van der Waals surface area contributed by atoms with E-state index in [2.05, 4.69) is 5.32 Å². The molecule has 10 nitrogen and oxygen atoms in total. The molecule has 0 spiro atoms. The zero-order valence-electron chi connectivity index (χ0n) is 23.5. The van der Waals surface area contributed by atoms with Crippen molar-refractivity contribution in [2.45, 2.75) is 55.3 Å². The molecule has 1 saturated heterocycles. The third-order valence-corrected chi connectivity index (χ3v) is 12.5. The lowest BCUT2D eigenvalue weighted by Gasteiger charge is -2.30. The van der Waals surface area contributed by atoms with Gasteiger partial charge in [0.2, 0.25) is 11.0 Å². The van der Waals surface area contributed by atoms with Crippen LogP contribution >= 0.6 is 0 Å². The van der Waals surface area contributed by atoms with Gasteiger partial charge >= 0.3 is 0 Å². The molecule has 0 radical (unpaired) electrons. The summed E-state index contributed by atoms with van der Waals surface area (Å²) in [5.41, 5.74) is 1.98. The van der Waals surface area contributed by atoms with Gasteiger partial charge in [-0.3, -0.25) is 9.59 Å². The minimum absolute atomic E-state index is 0.0640. The molecule has 1 saturated carbocycles. The summed E-state index contributed by atoms with van der Waals surface area (Å²) in [6, 6.07) is 12.1. The highest BCUT2D eigenvalue weighted by atomic mass is 32.2. The van der Waals surface area contributed by atoms with Gasteiger partial charge in [-0.25, -0.2) is 16.8 Å². The van der Waals surface area contributed by atoms with E-state index in [1.165, 1.54) is 29.0 Å². The molecule has 224 valence electrons. The van der Waals surface area contributed by atoms with Crippen LogP contribution in [0.1, 0.15) is 55.3 Å². The number of amides is 2. The second-order valence-electron chi connectivity index (χ2n) is 11.7. The predicted molar refractivity (Wildman–Crippen MR) is 160 cm³/mol. The van der Waals surface area contributed by atoms with E-state index in [0.29, 0.717) is 55.9 Å². The average Bonchev–Trinajstić information content (AvgIpc) is 3.62. The molecule has 1 N–H and O–H groups in total. The van der Waals surface area contributed by atoms with Crippen molar-refractivity contribution in [2.24, 2.45) is 11.8 Å². The van der Waals surface area contributed by atoms with Crippen LogP contribution in [-0.2, 0) is 24.7 Å². The number of anilines is 2. The molecule has 6 rings (SSSR count). The van der Waals surface area contributed by atoms with Crippen molar-refractivity contribution in [1.29, 1.82) is 0 Å². The van der Waals surface area contributed by atoms with Crippen LogP contribution in [0.25, 0.3) is 10.8 Å². The van der Waals surface area contributed by atoms with Gasteiger partial charge in [-0.05, 0) is 81.2 Å². The normalized spacial score (nSPS) is 23.4. The Hall–Kier alpha value is -3.22. The van der Waals surface area contributed by atoms with Gasteiger partial charge in [0.15, 0.2) is 0 Å². The summed E-state index contributed by atoms with van der Waals surface area (Å²) in [4.78, 5) is 28.6. The topological polar surface area (TPSA) is 134 Å². The van der Waals surface area contributed by atoms with E-state index >= 15 is 0 Å². The quantitative estimate of drug-likeness (QED) is 0.397. The summed E-state index contributed by atoms with van der Waals surface area (Å²) in [5.74, 6) is -0.487. The number of piperidine rings is 1. The van der Waals surface area contributed by atoms with Crippen molar-refractivity contribution in [3.05, 3.63) is 54.3 Å². The Bertz CT molecular complexity index is 1730. The van der Waals surface area contributed by atoms with E-state index < -0.39 is 25.8 Å². The summed E-state index contributed by atoms with van der Waals surface area (Å²) in [5, 5.41) is 4.18. The Kier molecular flexibility index (Phi) is 7.65. The number of carbonyl (C=O) groups excluding carboxylic acids is 2. The van der Waals surface area contributed by atoms with E-state index in [-0.39, 0.29) is 28.7 Å². The van der Waals surface area contributed by atoms with Crippen LogP contribution in [0.4, 0.5) is 11.4 Å². The van der Waals surface area contributed by atoms with E-state index in [0.717, 1.165) is 35.7 Å². The first-order valence-electron chi connectivity index (χ1n) is 14.4. The molecule has 12 heteroatoms. The van der Waals surface area contributed by atoms with Crippen LogP contribution in [0.15, 0.2) is 58.2 Å². The molecule has 1 unspecified atom stereocenters. The van der Waals surface area contributed by atoms with E-state index in [1.807, 2.05) is 24.3 Å². The third-order valence-electron chi connectivity index (χ3n) is 9.05. The minimum Gasteiger partial charge on any atom is -0.452 e. The largest absolute Gasteiger partial charge is 0.452 e. The highest BCUT2D eigenvalue weighted by molar-refractivity contribution is 7.91. The lowest BCUT2D eigenvalue weighted by atomic mass is 9.86. The SMILES string of the molecule is CS(=O)(=O)C1CCC(CCN2C(=O)c3cccc4c(NC(=O)C5CCCN(S(=O)(=O)c6ccco6)C5)ccc2c34)CC1. The molecule has 1 atom stereocenters. The van der Waals surface area contributed by atoms with Crippen molar-refractivity contribution in [3.8, 4) is 0 Å². The fourth-order valence-electron chi connectivity index (χ4n) is 6.68. The summed E-state index contributed by atoms with van der Waals surface area (Å²) in [6.45, 7) is 0.934. The molecule has 3 heterocycles. The number of carbonyl (C=O) groups is 2. The number of furan rings is 1. The van der Waals surface area contributed by atoms with E-state index in [9.17, 15) is 26.4 Å². The number of hydrogen-bond donors (Lipinski definition) is 1. The van der Waals surface area contributed by atoms with Gasteiger partial charge < -0.3 is 14.6 Å². The molecule has 2 amide bonds. The lowest BCUT2D eigenvalue weighted by Crippen LogP contribution is -2.43. The maximum absolute atomic E-state index is 13.4. The molecule has 0 bridgehead atoms. The Labute approximate surface area is 246 Å². The smallest absolute Gasteiger partial charge is 0.276 e. The molecule has 2 aromatic carbocycles.